The fraction of sp³-hybridized carbons (Fsp3) is 0.750. The number of carboxylic acid groups (broad SMARTS) is 4. The van der Waals surface area contributed by atoms with Crippen LogP contribution in [0, 0.1) is 5.92 Å². The van der Waals surface area contributed by atoms with Crippen LogP contribution in [0.25, 0.3) is 0 Å². The zero-order valence-corrected chi connectivity index (χ0v) is 18.1. The Morgan fingerprint density at radius 3 is 1.41 bits per heavy atom. The highest BCUT2D eigenvalue weighted by Crippen LogP contribution is 2.04. The van der Waals surface area contributed by atoms with E-state index in [2.05, 4.69) is 5.73 Å². The second-order valence-corrected chi connectivity index (χ2v) is 6.69. The highest BCUT2D eigenvalue weighted by atomic mass is 32.2. The van der Waals surface area contributed by atoms with Crippen LogP contribution in [0.2, 0.25) is 0 Å². The van der Waals surface area contributed by atoms with Crippen molar-refractivity contribution < 1.29 is 39.6 Å². The average Bonchev–Trinajstić information content (AvgIpc) is 2.65. The van der Waals surface area contributed by atoms with Gasteiger partial charge in [0.2, 0.25) is 0 Å². The van der Waals surface area contributed by atoms with Crippen molar-refractivity contribution in [3.63, 3.8) is 0 Å². The Labute approximate surface area is 175 Å². The van der Waals surface area contributed by atoms with Crippen molar-refractivity contribution in [2.24, 2.45) is 28.9 Å². The topological polar surface area (TPSA) is 253 Å². The van der Waals surface area contributed by atoms with Crippen molar-refractivity contribution in [1.82, 2.24) is 0 Å². The number of hydrogen-bond donors (Lipinski definition) is 8. The molecule has 0 aromatic carbocycles. The molecule has 174 valence electrons. The van der Waals surface area contributed by atoms with Gasteiger partial charge in [0.15, 0.2) is 0 Å². The average molecular weight is 445 g/mol. The van der Waals surface area contributed by atoms with Crippen molar-refractivity contribution >= 4 is 35.6 Å². The molecule has 13 heteroatoms. The molecule has 12 nitrogen and oxygen atoms in total. The van der Waals surface area contributed by atoms with Crippen molar-refractivity contribution in [3.05, 3.63) is 0 Å². The third kappa shape index (κ3) is 31.0. The SMILES string of the molecule is CC[C@H](C)[C@H](N)C(=O)O.CSCC[C@H](N)C(=O)O.C[C@H](N)C(=O)O.NCC(=O)O. The summed E-state index contributed by atoms with van der Waals surface area (Å²) in [5, 5.41) is 32.1. The Balaban J connectivity index is -0.000000148. The molecular formula is C16H36N4O8S. The van der Waals surface area contributed by atoms with E-state index in [4.69, 9.17) is 37.6 Å². The van der Waals surface area contributed by atoms with E-state index in [1.807, 2.05) is 20.1 Å². The predicted molar refractivity (Wildman–Crippen MR) is 112 cm³/mol. The lowest BCUT2D eigenvalue weighted by Gasteiger charge is -2.11. The number of rotatable bonds is 9. The van der Waals surface area contributed by atoms with Crippen molar-refractivity contribution in [2.75, 3.05) is 18.6 Å². The van der Waals surface area contributed by atoms with E-state index in [1.54, 1.807) is 11.8 Å². The number of thioether (sulfide) groups is 1. The summed E-state index contributed by atoms with van der Waals surface area (Å²) in [6.45, 7) is 4.90. The van der Waals surface area contributed by atoms with E-state index in [0.29, 0.717) is 6.42 Å². The van der Waals surface area contributed by atoms with Gasteiger partial charge in [0, 0.05) is 0 Å². The largest absolute Gasteiger partial charge is 0.480 e. The van der Waals surface area contributed by atoms with Crippen LogP contribution < -0.4 is 22.9 Å². The summed E-state index contributed by atoms with van der Waals surface area (Å²) in [6.07, 6.45) is 3.29. The van der Waals surface area contributed by atoms with E-state index < -0.39 is 42.0 Å². The Morgan fingerprint density at radius 1 is 0.897 bits per heavy atom. The zero-order valence-electron chi connectivity index (χ0n) is 17.3. The molecular weight excluding hydrogens is 408 g/mol. The summed E-state index contributed by atoms with van der Waals surface area (Å²) in [6, 6.07) is -2.11. The second kappa shape index (κ2) is 22.4. The van der Waals surface area contributed by atoms with Crippen LogP contribution in [-0.2, 0) is 19.2 Å². The summed E-state index contributed by atoms with van der Waals surface area (Å²) in [4.78, 5) is 39.1. The monoisotopic (exact) mass is 444 g/mol. The molecule has 0 bridgehead atoms. The highest BCUT2D eigenvalue weighted by molar-refractivity contribution is 7.98. The maximum absolute atomic E-state index is 10.2. The van der Waals surface area contributed by atoms with Crippen LogP contribution in [0.5, 0.6) is 0 Å². The fourth-order valence-corrected chi connectivity index (χ4v) is 1.36. The molecule has 0 saturated carbocycles. The fourth-order valence-electron chi connectivity index (χ4n) is 0.866. The Hall–Kier alpha value is -1.93. The Kier molecular flexibility index (Phi) is 26.7. The van der Waals surface area contributed by atoms with Gasteiger partial charge in [0.1, 0.15) is 18.1 Å². The molecule has 0 unspecified atom stereocenters. The van der Waals surface area contributed by atoms with Gasteiger partial charge in [0.25, 0.3) is 0 Å². The minimum Gasteiger partial charge on any atom is -0.480 e. The summed E-state index contributed by atoms with van der Waals surface area (Å²) in [5.41, 5.74) is 19.9. The van der Waals surface area contributed by atoms with Gasteiger partial charge in [-0.2, -0.15) is 11.8 Å². The lowest BCUT2D eigenvalue weighted by molar-refractivity contribution is -0.140. The minimum absolute atomic E-state index is 0.0718. The van der Waals surface area contributed by atoms with Gasteiger partial charge in [0.05, 0.1) is 6.54 Å². The van der Waals surface area contributed by atoms with Crippen LogP contribution >= 0.6 is 11.8 Å². The standard InChI is InChI=1S/C6H13NO2.C5H11NO2S.C3H7NO2.C2H5NO2/c1-3-4(2)5(7)6(8)9;1-9-3-2-4(6)5(7)8;1-2(4)3(5)6;3-1-2(4)5/h4-5H,3,7H2,1-2H3,(H,8,9);4H,2-3,6H2,1H3,(H,7,8);2H,4H2,1H3,(H,5,6);1,3H2,(H,4,5)/t4-,5-;4-;2-;/m000./s1. The molecule has 0 rings (SSSR count). The molecule has 0 aliphatic rings. The van der Waals surface area contributed by atoms with Crippen LogP contribution in [-0.4, -0.2) is 81.0 Å². The zero-order chi connectivity index (χ0) is 24.2. The maximum Gasteiger partial charge on any atom is 0.320 e. The van der Waals surface area contributed by atoms with Crippen molar-refractivity contribution in [3.8, 4) is 0 Å². The first-order valence-electron chi connectivity index (χ1n) is 8.55. The molecule has 0 radical (unpaired) electrons. The maximum atomic E-state index is 10.2. The molecule has 0 heterocycles. The van der Waals surface area contributed by atoms with Gasteiger partial charge in [-0.3, -0.25) is 19.2 Å². The number of carbonyl (C=O) groups is 4. The minimum atomic E-state index is -0.968. The highest BCUT2D eigenvalue weighted by Gasteiger charge is 2.17. The summed E-state index contributed by atoms with van der Waals surface area (Å²) in [5.74, 6) is -2.87. The van der Waals surface area contributed by atoms with Crippen LogP contribution in [0.4, 0.5) is 0 Å². The molecule has 12 N–H and O–H groups in total. The van der Waals surface area contributed by atoms with Crippen molar-refractivity contribution in [1.29, 1.82) is 0 Å². The second-order valence-electron chi connectivity index (χ2n) is 5.70. The normalized spacial score (nSPS) is 13.4. The molecule has 0 aliphatic carbocycles. The van der Waals surface area contributed by atoms with E-state index in [0.717, 1.165) is 12.2 Å². The number of hydrogen-bond acceptors (Lipinski definition) is 9. The number of nitrogens with two attached hydrogens (primary N) is 4. The van der Waals surface area contributed by atoms with Gasteiger partial charge in [-0.05, 0) is 31.3 Å². The van der Waals surface area contributed by atoms with Crippen LogP contribution in [0.15, 0.2) is 0 Å². The quantitative estimate of drug-likeness (QED) is 0.213. The first-order chi connectivity index (χ1) is 13.2. The van der Waals surface area contributed by atoms with Crippen LogP contribution in [0.1, 0.15) is 33.6 Å². The molecule has 0 saturated heterocycles. The van der Waals surface area contributed by atoms with Gasteiger partial charge >= 0.3 is 23.9 Å². The molecule has 0 fully saturated rings. The smallest absolute Gasteiger partial charge is 0.320 e. The summed E-state index contributed by atoms with van der Waals surface area (Å²) < 4.78 is 0. The lowest BCUT2D eigenvalue weighted by Crippen LogP contribution is -2.36. The predicted octanol–water partition coefficient (Wildman–Crippen LogP) is -0.956. The molecule has 0 aromatic heterocycles. The molecule has 0 amide bonds. The van der Waals surface area contributed by atoms with Gasteiger partial charge in [-0.1, -0.05) is 20.3 Å². The van der Waals surface area contributed by atoms with E-state index >= 15 is 0 Å². The molecule has 29 heavy (non-hydrogen) atoms. The molecule has 4 atom stereocenters. The van der Waals surface area contributed by atoms with Crippen LogP contribution in [0.3, 0.4) is 0 Å². The third-order valence-electron chi connectivity index (χ3n) is 3.06. The Morgan fingerprint density at radius 2 is 1.28 bits per heavy atom. The van der Waals surface area contributed by atoms with Gasteiger partial charge < -0.3 is 43.4 Å². The summed E-state index contributed by atoms with van der Waals surface area (Å²) >= 11 is 1.60. The molecule has 0 aromatic rings. The molecule has 0 spiro atoms. The first kappa shape index (κ1) is 34.6. The van der Waals surface area contributed by atoms with E-state index in [9.17, 15) is 19.2 Å². The van der Waals surface area contributed by atoms with Gasteiger partial charge in [-0.25, -0.2) is 0 Å². The third-order valence-corrected chi connectivity index (χ3v) is 3.70. The lowest BCUT2D eigenvalue weighted by atomic mass is 10.0. The number of carboxylic acids is 4. The number of aliphatic carboxylic acids is 4. The van der Waals surface area contributed by atoms with E-state index in [-0.39, 0.29) is 12.5 Å². The summed E-state index contributed by atoms with van der Waals surface area (Å²) in [7, 11) is 0. The first-order valence-corrected chi connectivity index (χ1v) is 9.94. The Bertz CT molecular complexity index is 466. The van der Waals surface area contributed by atoms with Crippen molar-refractivity contribution in [2.45, 2.75) is 51.7 Å². The van der Waals surface area contributed by atoms with E-state index in [1.165, 1.54) is 6.92 Å². The van der Waals surface area contributed by atoms with Gasteiger partial charge in [-0.15, -0.1) is 0 Å². The molecule has 0 aliphatic heterocycles.